The van der Waals surface area contributed by atoms with Gasteiger partial charge in [-0.2, -0.15) is 0 Å². The van der Waals surface area contributed by atoms with Crippen molar-refractivity contribution in [2.45, 2.75) is 45.6 Å². The number of nitrogens with zero attached hydrogens (tertiary/aromatic N) is 3. The standard InChI is InChI=1S/C23H30N4O4/c1-16-5-3-4-6-20(16)27-22(30)21(29)26(23(27)31)15-24-11-13-25(14-12-24)19-9-7-18(8-10-19)17(2)28/h7-10,16,20H,3-6,11-15H2,1-2H3/p+1/t16-,20-/m1/s1. The second kappa shape index (κ2) is 8.78. The molecule has 2 heterocycles. The third kappa shape index (κ3) is 4.21. The predicted octanol–water partition coefficient (Wildman–Crippen LogP) is 0.921. The molecule has 8 heteroatoms. The lowest BCUT2D eigenvalue weighted by molar-refractivity contribution is -0.907. The number of imide groups is 2. The van der Waals surface area contributed by atoms with E-state index in [2.05, 4.69) is 11.8 Å². The Morgan fingerprint density at radius 2 is 1.65 bits per heavy atom. The third-order valence-electron chi connectivity index (χ3n) is 6.97. The van der Waals surface area contributed by atoms with Gasteiger partial charge in [-0.3, -0.25) is 19.3 Å². The van der Waals surface area contributed by atoms with E-state index in [1.807, 2.05) is 24.3 Å². The number of hydrogen-bond acceptors (Lipinski definition) is 5. The number of carbonyl (C=O) groups is 4. The SMILES string of the molecule is CC(=O)c1ccc(N2CC[NH+](CN3C(=O)C(=O)N([C@@H]4CCCC[C@H]4C)C3=O)CC2)cc1. The molecular formula is C23H31N4O4+. The van der Waals surface area contributed by atoms with Gasteiger partial charge in [0.05, 0.1) is 26.2 Å². The molecule has 3 fully saturated rings. The summed E-state index contributed by atoms with van der Waals surface area (Å²) < 4.78 is 0. The molecule has 0 radical (unpaired) electrons. The van der Waals surface area contributed by atoms with E-state index in [4.69, 9.17) is 0 Å². The largest absolute Gasteiger partial charge is 0.360 e. The summed E-state index contributed by atoms with van der Waals surface area (Å²) in [7, 11) is 0. The number of nitrogens with one attached hydrogen (secondary N) is 1. The van der Waals surface area contributed by atoms with Crippen molar-refractivity contribution < 1.29 is 24.1 Å². The Morgan fingerprint density at radius 3 is 2.26 bits per heavy atom. The summed E-state index contributed by atoms with van der Waals surface area (Å²) in [5.41, 5.74) is 1.76. The smallest absolute Gasteiger partial charge is 0.338 e. The van der Waals surface area contributed by atoms with Crippen LogP contribution in [0.3, 0.4) is 0 Å². The van der Waals surface area contributed by atoms with Crippen LogP contribution in [0.25, 0.3) is 0 Å². The molecule has 1 aliphatic carbocycles. The van der Waals surface area contributed by atoms with Gasteiger partial charge in [-0.25, -0.2) is 9.69 Å². The zero-order chi connectivity index (χ0) is 22.1. The molecule has 1 saturated carbocycles. The van der Waals surface area contributed by atoms with E-state index in [1.165, 1.54) is 4.90 Å². The van der Waals surface area contributed by atoms with Crippen LogP contribution in [0.2, 0.25) is 0 Å². The number of urea groups is 1. The van der Waals surface area contributed by atoms with Crippen molar-refractivity contribution in [3.63, 3.8) is 0 Å². The molecule has 1 aromatic carbocycles. The van der Waals surface area contributed by atoms with Crippen molar-refractivity contribution in [2.75, 3.05) is 37.7 Å². The second-order valence-corrected chi connectivity index (χ2v) is 9.02. The Bertz CT molecular complexity index is 876. The number of hydrogen-bond donors (Lipinski definition) is 1. The number of Topliss-reactive ketones (excluding diaryl/α,β-unsaturated/α-hetero) is 1. The van der Waals surface area contributed by atoms with Gasteiger partial charge in [0, 0.05) is 17.3 Å². The van der Waals surface area contributed by atoms with E-state index < -0.39 is 17.8 Å². The number of carbonyl (C=O) groups excluding carboxylic acids is 4. The van der Waals surface area contributed by atoms with Crippen molar-refractivity contribution in [1.29, 1.82) is 0 Å². The number of quaternary nitrogens is 1. The summed E-state index contributed by atoms with van der Waals surface area (Å²) >= 11 is 0. The Hall–Kier alpha value is -2.74. The van der Waals surface area contributed by atoms with Gasteiger partial charge in [-0.1, -0.05) is 19.8 Å². The van der Waals surface area contributed by atoms with Crippen LogP contribution in [0.1, 0.15) is 49.9 Å². The quantitative estimate of drug-likeness (QED) is 0.429. The molecule has 1 N–H and O–H groups in total. The van der Waals surface area contributed by atoms with Crippen LogP contribution in [0.4, 0.5) is 10.5 Å². The zero-order valence-electron chi connectivity index (χ0n) is 18.3. The Labute approximate surface area is 182 Å². The highest BCUT2D eigenvalue weighted by Crippen LogP contribution is 2.31. The maximum atomic E-state index is 13.0. The van der Waals surface area contributed by atoms with Gasteiger partial charge in [0.1, 0.15) is 0 Å². The number of benzene rings is 1. The summed E-state index contributed by atoms with van der Waals surface area (Å²) in [6, 6.07) is 6.99. The first-order valence-electron chi connectivity index (χ1n) is 11.3. The highest BCUT2D eigenvalue weighted by atomic mass is 16.2. The normalized spacial score (nSPS) is 25.5. The summed E-state index contributed by atoms with van der Waals surface area (Å²) in [6.07, 6.45) is 3.86. The molecule has 4 amide bonds. The van der Waals surface area contributed by atoms with Crippen LogP contribution in [-0.2, 0) is 9.59 Å². The molecule has 0 bridgehead atoms. The number of amides is 4. The van der Waals surface area contributed by atoms with E-state index in [9.17, 15) is 19.2 Å². The fourth-order valence-corrected chi connectivity index (χ4v) is 5.00. The summed E-state index contributed by atoms with van der Waals surface area (Å²) in [5, 5.41) is 0. The monoisotopic (exact) mass is 427 g/mol. The summed E-state index contributed by atoms with van der Waals surface area (Å²) in [6.45, 7) is 6.94. The molecule has 1 aromatic rings. The van der Waals surface area contributed by atoms with E-state index in [0.29, 0.717) is 5.56 Å². The topological polar surface area (TPSA) is 82.4 Å². The van der Waals surface area contributed by atoms with Crippen LogP contribution >= 0.6 is 0 Å². The van der Waals surface area contributed by atoms with Gasteiger partial charge in [0.2, 0.25) is 0 Å². The molecule has 3 aliphatic rings. The van der Waals surface area contributed by atoms with Gasteiger partial charge < -0.3 is 9.80 Å². The van der Waals surface area contributed by atoms with Crippen molar-refractivity contribution in [1.82, 2.24) is 9.80 Å². The summed E-state index contributed by atoms with van der Waals surface area (Å²) in [5.74, 6) is -1.06. The van der Waals surface area contributed by atoms with Gasteiger partial charge in [0.25, 0.3) is 0 Å². The van der Waals surface area contributed by atoms with Gasteiger partial charge in [0.15, 0.2) is 12.5 Å². The van der Waals surface area contributed by atoms with Crippen molar-refractivity contribution >= 4 is 29.3 Å². The van der Waals surface area contributed by atoms with Crippen molar-refractivity contribution in [3.05, 3.63) is 29.8 Å². The fourth-order valence-electron chi connectivity index (χ4n) is 5.00. The van der Waals surface area contributed by atoms with Gasteiger partial charge in [-0.15, -0.1) is 0 Å². The van der Waals surface area contributed by atoms with Crippen LogP contribution in [0.5, 0.6) is 0 Å². The molecule has 4 rings (SSSR count). The first kappa shape index (κ1) is 21.5. The third-order valence-corrected chi connectivity index (χ3v) is 6.97. The second-order valence-electron chi connectivity index (χ2n) is 9.02. The molecule has 2 aliphatic heterocycles. The number of anilines is 1. The average Bonchev–Trinajstić information content (AvgIpc) is 2.98. The molecular weight excluding hydrogens is 396 g/mol. The Morgan fingerprint density at radius 1 is 1.00 bits per heavy atom. The molecule has 0 aromatic heterocycles. The maximum absolute atomic E-state index is 13.0. The predicted molar refractivity (Wildman–Crippen MR) is 115 cm³/mol. The van der Waals surface area contributed by atoms with Crippen LogP contribution in [0.15, 0.2) is 24.3 Å². The van der Waals surface area contributed by atoms with Crippen molar-refractivity contribution in [2.24, 2.45) is 5.92 Å². The van der Waals surface area contributed by atoms with Crippen molar-refractivity contribution in [3.8, 4) is 0 Å². The molecule has 31 heavy (non-hydrogen) atoms. The minimum absolute atomic E-state index is 0.0481. The minimum Gasteiger partial charge on any atom is -0.360 e. The molecule has 2 saturated heterocycles. The number of piperazine rings is 1. The summed E-state index contributed by atoms with van der Waals surface area (Å²) in [4.78, 5) is 55.4. The lowest BCUT2D eigenvalue weighted by Crippen LogP contribution is -3.16. The molecule has 166 valence electrons. The van der Waals surface area contributed by atoms with Crippen LogP contribution in [-0.4, -0.2) is 72.3 Å². The maximum Gasteiger partial charge on any atom is 0.338 e. The highest BCUT2D eigenvalue weighted by Gasteiger charge is 2.50. The van der Waals surface area contributed by atoms with Gasteiger partial charge in [-0.05, 0) is 49.9 Å². The lowest BCUT2D eigenvalue weighted by Gasteiger charge is -2.35. The molecule has 0 unspecified atom stereocenters. The van der Waals surface area contributed by atoms with E-state index in [1.54, 1.807) is 6.92 Å². The minimum atomic E-state index is -0.683. The van der Waals surface area contributed by atoms with E-state index in [0.717, 1.165) is 67.3 Å². The van der Waals surface area contributed by atoms with E-state index in [-0.39, 0.29) is 24.4 Å². The fraction of sp³-hybridized carbons (Fsp3) is 0.565. The molecule has 2 atom stereocenters. The first-order valence-corrected chi connectivity index (χ1v) is 11.3. The molecule has 0 spiro atoms. The lowest BCUT2D eigenvalue weighted by atomic mass is 9.85. The van der Waals surface area contributed by atoms with Gasteiger partial charge >= 0.3 is 17.8 Å². The van der Waals surface area contributed by atoms with Crippen LogP contribution in [0, 0.1) is 5.92 Å². The Balaban J connectivity index is 1.35. The average molecular weight is 428 g/mol. The first-order chi connectivity index (χ1) is 14.9. The molecule has 8 nitrogen and oxygen atoms in total. The Kier molecular flexibility index (Phi) is 6.09. The zero-order valence-corrected chi connectivity index (χ0v) is 18.3. The highest BCUT2D eigenvalue weighted by molar-refractivity contribution is 6.44. The number of rotatable bonds is 5. The van der Waals surface area contributed by atoms with Crippen LogP contribution < -0.4 is 9.80 Å². The van der Waals surface area contributed by atoms with E-state index >= 15 is 0 Å². The number of ketones is 1.